The van der Waals surface area contributed by atoms with Gasteiger partial charge >= 0.3 is 0 Å². The van der Waals surface area contributed by atoms with Crippen molar-refractivity contribution in [3.8, 4) is 11.5 Å². The fourth-order valence-corrected chi connectivity index (χ4v) is 4.93. The first-order valence-corrected chi connectivity index (χ1v) is 12.5. The van der Waals surface area contributed by atoms with E-state index in [0.717, 1.165) is 31.4 Å². The number of hydrogen-bond acceptors (Lipinski definition) is 4. The Balaban J connectivity index is 1.36. The number of halogens is 1. The van der Waals surface area contributed by atoms with Crippen LogP contribution in [0.2, 0.25) is 5.02 Å². The van der Waals surface area contributed by atoms with Crippen LogP contribution in [-0.4, -0.2) is 49.1 Å². The van der Waals surface area contributed by atoms with Crippen LogP contribution in [0.3, 0.4) is 0 Å². The highest BCUT2D eigenvalue weighted by Gasteiger charge is 2.42. The minimum absolute atomic E-state index is 0.0192. The highest BCUT2D eigenvalue weighted by molar-refractivity contribution is 6.30. The van der Waals surface area contributed by atoms with Crippen molar-refractivity contribution in [3.63, 3.8) is 0 Å². The smallest absolute Gasteiger partial charge is 0.260 e. The number of amides is 2. The number of para-hydroxylation sites is 1. The molecule has 2 amide bonds. The highest BCUT2D eigenvalue weighted by Crippen LogP contribution is 2.38. The Kier molecular flexibility index (Phi) is 7.99. The zero-order valence-corrected chi connectivity index (χ0v) is 20.5. The molecule has 1 fully saturated rings. The third-order valence-corrected chi connectivity index (χ3v) is 7.17. The Bertz CT molecular complexity index is 986. The van der Waals surface area contributed by atoms with Gasteiger partial charge in [0, 0.05) is 18.1 Å². The number of benzene rings is 2. The average molecular weight is 485 g/mol. The van der Waals surface area contributed by atoms with E-state index in [1.54, 1.807) is 24.3 Å². The van der Waals surface area contributed by atoms with Crippen LogP contribution in [0, 0.1) is 5.41 Å². The molecule has 1 saturated heterocycles. The van der Waals surface area contributed by atoms with Gasteiger partial charge < -0.3 is 19.7 Å². The predicted octanol–water partition coefficient (Wildman–Crippen LogP) is 4.64. The van der Waals surface area contributed by atoms with E-state index in [1.165, 1.54) is 5.56 Å². The summed E-state index contributed by atoms with van der Waals surface area (Å²) in [6.45, 7) is 3.51. The van der Waals surface area contributed by atoms with Crippen molar-refractivity contribution in [2.24, 2.45) is 5.41 Å². The van der Waals surface area contributed by atoms with Crippen molar-refractivity contribution in [3.05, 3.63) is 59.1 Å². The lowest BCUT2D eigenvalue weighted by Gasteiger charge is -2.41. The SMILES string of the molecule is C[C@@H]1COc2ccccc2CCCCC2(CCN(C(=O)COc3ccc(Cl)cc3)CC2)C(=O)N1. The number of carbonyl (C=O) groups is 2. The summed E-state index contributed by atoms with van der Waals surface area (Å²) in [5, 5.41) is 3.81. The fourth-order valence-electron chi connectivity index (χ4n) is 4.81. The van der Waals surface area contributed by atoms with Crippen molar-refractivity contribution < 1.29 is 19.1 Å². The molecule has 1 atom stereocenters. The Hall–Kier alpha value is -2.73. The van der Waals surface area contributed by atoms with Crippen LogP contribution < -0.4 is 14.8 Å². The molecule has 2 heterocycles. The average Bonchev–Trinajstić information content (AvgIpc) is 2.85. The Morgan fingerprint density at radius 2 is 1.85 bits per heavy atom. The van der Waals surface area contributed by atoms with Crippen LogP contribution >= 0.6 is 11.6 Å². The van der Waals surface area contributed by atoms with Crippen LogP contribution in [0.15, 0.2) is 48.5 Å². The summed E-state index contributed by atoms with van der Waals surface area (Å²) in [6, 6.07) is 15.0. The molecule has 1 spiro atoms. The van der Waals surface area contributed by atoms with E-state index in [0.29, 0.717) is 43.3 Å². The molecule has 0 saturated carbocycles. The first-order valence-electron chi connectivity index (χ1n) is 12.1. The molecule has 182 valence electrons. The summed E-state index contributed by atoms with van der Waals surface area (Å²) in [7, 11) is 0. The summed E-state index contributed by atoms with van der Waals surface area (Å²) in [5.41, 5.74) is 0.776. The molecule has 2 aliphatic heterocycles. The summed E-state index contributed by atoms with van der Waals surface area (Å²) in [5.74, 6) is 1.55. The number of hydrogen-bond donors (Lipinski definition) is 1. The van der Waals surface area contributed by atoms with Gasteiger partial charge in [0.15, 0.2) is 6.61 Å². The quantitative estimate of drug-likeness (QED) is 0.689. The number of piperidine rings is 1. The number of carbonyl (C=O) groups excluding carboxylic acids is 2. The summed E-state index contributed by atoms with van der Waals surface area (Å²) in [4.78, 5) is 27.9. The van der Waals surface area contributed by atoms with Gasteiger partial charge in [-0.3, -0.25) is 9.59 Å². The molecule has 1 N–H and O–H groups in total. The molecule has 0 unspecified atom stereocenters. The third kappa shape index (κ3) is 6.03. The van der Waals surface area contributed by atoms with Gasteiger partial charge in [0.1, 0.15) is 18.1 Å². The van der Waals surface area contributed by atoms with Crippen LogP contribution in [0.25, 0.3) is 0 Å². The van der Waals surface area contributed by atoms with Crippen LogP contribution in [-0.2, 0) is 16.0 Å². The van der Waals surface area contributed by atoms with E-state index in [2.05, 4.69) is 11.4 Å². The number of aryl methyl sites for hydroxylation is 1. The minimum atomic E-state index is -0.444. The number of likely N-dealkylation sites (tertiary alicyclic amines) is 1. The van der Waals surface area contributed by atoms with Crippen molar-refractivity contribution in [1.29, 1.82) is 0 Å². The van der Waals surface area contributed by atoms with Crippen molar-refractivity contribution in [2.45, 2.75) is 51.5 Å². The summed E-state index contributed by atoms with van der Waals surface area (Å²) >= 11 is 5.90. The van der Waals surface area contributed by atoms with Gasteiger partial charge in [0.25, 0.3) is 5.91 Å². The zero-order chi connectivity index (χ0) is 24.0. The topological polar surface area (TPSA) is 67.9 Å². The van der Waals surface area contributed by atoms with Gasteiger partial charge in [-0.1, -0.05) is 36.2 Å². The van der Waals surface area contributed by atoms with E-state index in [-0.39, 0.29) is 24.5 Å². The van der Waals surface area contributed by atoms with Crippen molar-refractivity contribution in [2.75, 3.05) is 26.3 Å². The first kappa shape index (κ1) is 24.4. The van der Waals surface area contributed by atoms with E-state index >= 15 is 0 Å². The van der Waals surface area contributed by atoms with Gasteiger partial charge in [0.2, 0.25) is 5.91 Å². The maximum absolute atomic E-state index is 13.4. The van der Waals surface area contributed by atoms with E-state index in [9.17, 15) is 9.59 Å². The minimum Gasteiger partial charge on any atom is -0.491 e. The Morgan fingerprint density at radius 1 is 1.12 bits per heavy atom. The van der Waals surface area contributed by atoms with Gasteiger partial charge in [-0.05, 0) is 74.9 Å². The molecule has 6 nitrogen and oxygen atoms in total. The lowest BCUT2D eigenvalue weighted by molar-refractivity contribution is -0.142. The van der Waals surface area contributed by atoms with Crippen molar-refractivity contribution >= 4 is 23.4 Å². The second kappa shape index (κ2) is 11.1. The molecule has 0 radical (unpaired) electrons. The Morgan fingerprint density at radius 3 is 2.62 bits per heavy atom. The summed E-state index contributed by atoms with van der Waals surface area (Å²) < 4.78 is 11.7. The van der Waals surface area contributed by atoms with Crippen LogP contribution in [0.1, 0.15) is 44.6 Å². The summed E-state index contributed by atoms with van der Waals surface area (Å²) in [6.07, 6.45) is 5.06. The number of ether oxygens (including phenoxy) is 2. The second-order valence-corrected chi connectivity index (χ2v) is 9.84. The van der Waals surface area contributed by atoms with Gasteiger partial charge in [-0.25, -0.2) is 0 Å². The number of nitrogens with one attached hydrogen (secondary N) is 1. The van der Waals surface area contributed by atoms with Gasteiger partial charge in [-0.2, -0.15) is 0 Å². The standard InChI is InChI=1S/C27H33ClN2O4/c1-20-18-34-24-8-3-2-6-21(24)7-4-5-13-27(26(32)29-20)14-16-30(17-15-27)25(31)19-33-23-11-9-22(28)10-12-23/h2-3,6,8-12,20H,4-5,7,13-19H2,1H3,(H,29,32)/t20-/m1/s1. The molecule has 0 bridgehead atoms. The third-order valence-electron chi connectivity index (χ3n) is 6.92. The maximum Gasteiger partial charge on any atom is 0.260 e. The molecule has 4 rings (SSSR count). The van der Waals surface area contributed by atoms with E-state index < -0.39 is 5.41 Å². The molecular weight excluding hydrogens is 452 g/mol. The molecule has 34 heavy (non-hydrogen) atoms. The second-order valence-electron chi connectivity index (χ2n) is 9.40. The molecule has 2 aromatic rings. The number of rotatable bonds is 3. The largest absolute Gasteiger partial charge is 0.491 e. The molecule has 0 aromatic heterocycles. The van der Waals surface area contributed by atoms with Crippen molar-refractivity contribution in [1.82, 2.24) is 10.2 Å². The first-order chi connectivity index (χ1) is 16.4. The fraction of sp³-hybridized carbons (Fsp3) is 0.481. The van der Waals surface area contributed by atoms with E-state index in [4.69, 9.17) is 21.1 Å². The Labute approximate surface area is 206 Å². The number of nitrogens with zero attached hydrogens (tertiary/aromatic N) is 1. The zero-order valence-electron chi connectivity index (χ0n) is 19.7. The maximum atomic E-state index is 13.4. The monoisotopic (exact) mass is 484 g/mol. The molecule has 2 aromatic carbocycles. The highest BCUT2D eigenvalue weighted by atomic mass is 35.5. The van der Waals surface area contributed by atoms with Crippen LogP contribution in [0.4, 0.5) is 0 Å². The van der Waals surface area contributed by atoms with Crippen LogP contribution in [0.5, 0.6) is 11.5 Å². The van der Waals surface area contributed by atoms with E-state index in [1.807, 2.05) is 30.0 Å². The number of fused-ring (bicyclic) bond motifs is 1. The molecule has 2 aliphatic rings. The lowest BCUT2D eigenvalue weighted by atomic mass is 9.73. The molecular formula is C27H33ClN2O4. The lowest BCUT2D eigenvalue weighted by Crippen LogP contribution is -2.53. The molecule has 0 aliphatic carbocycles. The van der Waals surface area contributed by atoms with Gasteiger partial charge in [0.05, 0.1) is 11.5 Å². The predicted molar refractivity (Wildman–Crippen MR) is 132 cm³/mol. The normalized spacial score (nSPS) is 20.8. The molecule has 7 heteroatoms. The van der Waals surface area contributed by atoms with Gasteiger partial charge in [-0.15, -0.1) is 0 Å².